The third kappa shape index (κ3) is 3.72. The zero-order valence-corrected chi connectivity index (χ0v) is 18.9. The first-order valence-electron chi connectivity index (χ1n) is 11.2. The molecule has 4 rings (SSSR count). The van der Waals surface area contributed by atoms with Gasteiger partial charge in [0.1, 0.15) is 12.1 Å². The number of anilines is 1. The largest absolute Gasteiger partial charge is 0.368 e. The maximum Gasteiger partial charge on any atom is 0.325 e. The van der Waals surface area contributed by atoms with Gasteiger partial charge in [-0.05, 0) is 43.0 Å². The van der Waals surface area contributed by atoms with Crippen LogP contribution in [0.25, 0.3) is 0 Å². The number of nitrogens with one attached hydrogen (secondary N) is 1. The van der Waals surface area contributed by atoms with Gasteiger partial charge in [0.05, 0.1) is 0 Å². The van der Waals surface area contributed by atoms with E-state index in [9.17, 15) is 14.4 Å². The van der Waals surface area contributed by atoms with Gasteiger partial charge < -0.3 is 15.1 Å². The minimum absolute atomic E-state index is 0.200. The summed E-state index contributed by atoms with van der Waals surface area (Å²) in [7, 11) is 0. The molecule has 0 aromatic heterocycles. The summed E-state index contributed by atoms with van der Waals surface area (Å²) in [4.78, 5) is 44.0. The van der Waals surface area contributed by atoms with Crippen LogP contribution in [-0.4, -0.2) is 60.4 Å². The second-order valence-electron chi connectivity index (χ2n) is 8.53. The molecular weight excluding hydrogens is 404 g/mol. The highest BCUT2D eigenvalue weighted by atomic mass is 16.2. The molecule has 2 aromatic rings. The van der Waals surface area contributed by atoms with Crippen molar-refractivity contribution in [3.63, 3.8) is 0 Å². The lowest BCUT2D eigenvalue weighted by Gasteiger charge is -2.37. The molecular formula is C25H30N4O3. The number of piperazine rings is 1. The molecule has 7 nitrogen and oxygen atoms in total. The number of aryl methyl sites for hydroxylation is 1. The van der Waals surface area contributed by atoms with Gasteiger partial charge in [0.2, 0.25) is 5.91 Å². The molecule has 2 heterocycles. The van der Waals surface area contributed by atoms with Crippen LogP contribution in [0.1, 0.15) is 30.0 Å². The molecule has 0 saturated carbocycles. The van der Waals surface area contributed by atoms with Crippen LogP contribution in [0.4, 0.5) is 10.5 Å². The predicted octanol–water partition coefficient (Wildman–Crippen LogP) is 2.81. The number of imide groups is 1. The van der Waals surface area contributed by atoms with Crippen LogP contribution < -0.4 is 10.2 Å². The van der Waals surface area contributed by atoms with Crippen LogP contribution in [0.3, 0.4) is 0 Å². The summed E-state index contributed by atoms with van der Waals surface area (Å²) in [6, 6.07) is 15.0. The number of amides is 4. The third-order valence-electron chi connectivity index (χ3n) is 6.82. The van der Waals surface area contributed by atoms with E-state index in [0.29, 0.717) is 19.5 Å². The van der Waals surface area contributed by atoms with Crippen LogP contribution in [0, 0.1) is 13.8 Å². The predicted molar refractivity (Wildman–Crippen MR) is 123 cm³/mol. The molecule has 0 aliphatic carbocycles. The lowest BCUT2D eigenvalue weighted by atomic mass is 9.87. The van der Waals surface area contributed by atoms with Gasteiger partial charge >= 0.3 is 6.03 Å². The van der Waals surface area contributed by atoms with E-state index >= 15 is 0 Å². The number of hydrogen-bond acceptors (Lipinski definition) is 4. The summed E-state index contributed by atoms with van der Waals surface area (Å²) >= 11 is 0. The van der Waals surface area contributed by atoms with Crippen LogP contribution in [-0.2, 0) is 15.1 Å². The van der Waals surface area contributed by atoms with Gasteiger partial charge in [-0.3, -0.25) is 14.5 Å². The molecule has 2 aliphatic heterocycles. The Bertz CT molecular complexity index is 1030. The Labute approximate surface area is 189 Å². The van der Waals surface area contributed by atoms with Crippen molar-refractivity contribution in [1.29, 1.82) is 0 Å². The minimum Gasteiger partial charge on any atom is -0.368 e. The molecule has 1 N–H and O–H groups in total. The van der Waals surface area contributed by atoms with Crippen LogP contribution in [0.15, 0.2) is 48.5 Å². The van der Waals surface area contributed by atoms with E-state index in [1.165, 1.54) is 16.8 Å². The number of carbonyl (C=O) groups is 3. The van der Waals surface area contributed by atoms with E-state index in [4.69, 9.17) is 0 Å². The van der Waals surface area contributed by atoms with Gasteiger partial charge in [-0.2, -0.15) is 0 Å². The van der Waals surface area contributed by atoms with Gasteiger partial charge in [-0.15, -0.1) is 0 Å². The van der Waals surface area contributed by atoms with Gasteiger partial charge in [-0.1, -0.05) is 49.4 Å². The summed E-state index contributed by atoms with van der Waals surface area (Å²) in [5, 5.41) is 2.84. The van der Waals surface area contributed by atoms with E-state index in [0.717, 1.165) is 23.6 Å². The highest BCUT2D eigenvalue weighted by Crippen LogP contribution is 2.32. The Morgan fingerprint density at radius 2 is 1.66 bits per heavy atom. The number of urea groups is 1. The number of hydrogen-bond donors (Lipinski definition) is 1. The molecule has 168 valence electrons. The molecule has 0 radical (unpaired) electrons. The second kappa shape index (κ2) is 8.65. The minimum atomic E-state index is -1.11. The molecule has 0 bridgehead atoms. The molecule has 32 heavy (non-hydrogen) atoms. The summed E-state index contributed by atoms with van der Waals surface area (Å²) in [6.45, 7) is 8.42. The Kier molecular flexibility index (Phi) is 5.91. The normalized spacial score (nSPS) is 21.2. The van der Waals surface area contributed by atoms with Crippen molar-refractivity contribution in [2.24, 2.45) is 0 Å². The van der Waals surface area contributed by atoms with Crippen molar-refractivity contribution in [2.45, 2.75) is 32.7 Å². The summed E-state index contributed by atoms with van der Waals surface area (Å²) in [5.74, 6) is -0.562. The zero-order chi connectivity index (χ0) is 22.9. The first-order chi connectivity index (χ1) is 15.4. The summed E-state index contributed by atoms with van der Waals surface area (Å²) in [6.07, 6.45) is 0.417. The van der Waals surface area contributed by atoms with Gasteiger partial charge in [0.15, 0.2) is 0 Å². The van der Waals surface area contributed by atoms with Crippen LogP contribution >= 0.6 is 0 Å². The fraction of sp³-hybridized carbons (Fsp3) is 0.400. The average Bonchev–Trinajstić information content (AvgIpc) is 3.06. The molecule has 1 atom stereocenters. The van der Waals surface area contributed by atoms with Crippen molar-refractivity contribution in [3.8, 4) is 0 Å². The lowest BCUT2D eigenvalue weighted by Crippen LogP contribution is -2.52. The molecule has 2 aliphatic rings. The van der Waals surface area contributed by atoms with Crippen molar-refractivity contribution in [2.75, 3.05) is 37.6 Å². The van der Waals surface area contributed by atoms with Gasteiger partial charge in [-0.25, -0.2) is 4.79 Å². The molecule has 0 spiro atoms. The van der Waals surface area contributed by atoms with Crippen molar-refractivity contribution >= 4 is 23.5 Å². The van der Waals surface area contributed by atoms with Crippen LogP contribution in [0.2, 0.25) is 0 Å². The maximum absolute atomic E-state index is 13.3. The highest BCUT2D eigenvalue weighted by Gasteiger charge is 2.51. The van der Waals surface area contributed by atoms with E-state index < -0.39 is 11.6 Å². The monoisotopic (exact) mass is 434 g/mol. The SMILES string of the molecule is CCC1(c2ccccc2)NC(=O)N(CC(=O)N2CCN(c3cccc(C)c3C)CC2)C1=O. The number of benzene rings is 2. The molecule has 4 amide bonds. The van der Waals surface area contributed by atoms with E-state index in [1.54, 1.807) is 4.90 Å². The lowest BCUT2D eigenvalue weighted by molar-refractivity contribution is -0.139. The first kappa shape index (κ1) is 21.9. The summed E-state index contributed by atoms with van der Waals surface area (Å²) < 4.78 is 0. The quantitative estimate of drug-likeness (QED) is 0.735. The number of carbonyl (C=O) groups excluding carboxylic acids is 3. The van der Waals surface area contributed by atoms with E-state index in [1.807, 2.05) is 37.3 Å². The van der Waals surface area contributed by atoms with Gasteiger partial charge in [0, 0.05) is 31.9 Å². The Morgan fingerprint density at radius 3 is 2.31 bits per heavy atom. The highest BCUT2D eigenvalue weighted by molar-refractivity contribution is 6.09. The molecule has 7 heteroatoms. The third-order valence-corrected chi connectivity index (χ3v) is 6.82. The fourth-order valence-electron chi connectivity index (χ4n) is 4.64. The second-order valence-corrected chi connectivity index (χ2v) is 8.53. The molecule has 2 fully saturated rings. The van der Waals surface area contributed by atoms with E-state index in [2.05, 4.69) is 42.3 Å². The maximum atomic E-state index is 13.3. The van der Waals surface area contributed by atoms with Crippen molar-refractivity contribution < 1.29 is 14.4 Å². The Balaban J connectivity index is 1.42. The van der Waals surface area contributed by atoms with E-state index in [-0.39, 0.29) is 18.4 Å². The molecule has 2 saturated heterocycles. The Morgan fingerprint density at radius 1 is 0.969 bits per heavy atom. The van der Waals surface area contributed by atoms with Gasteiger partial charge in [0.25, 0.3) is 5.91 Å². The van der Waals surface area contributed by atoms with Crippen molar-refractivity contribution in [1.82, 2.24) is 15.1 Å². The average molecular weight is 435 g/mol. The molecule has 1 unspecified atom stereocenters. The fourth-order valence-corrected chi connectivity index (χ4v) is 4.64. The first-order valence-corrected chi connectivity index (χ1v) is 11.2. The Hall–Kier alpha value is -3.35. The number of rotatable bonds is 5. The smallest absolute Gasteiger partial charge is 0.325 e. The molecule has 2 aromatic carbocycles. The summed E-state index contributed by atoms with van der Waals surface area (Å²) in [5.41, 5.74) is 3.32. The van der Waals surface area contributed by atoms with Crippen LogP contribution in [0.5, 0.6) is 0 Å². The topological polar surface area (TPSA) is 73.0 Å². The zero-order valence-electron chi connectivity index (χ0n) is 18.9. The van der Waals surface area contributed by atoms with Crippen molar-refractivity contribution in [3.05, 3.63) is 65.2 Å². The standard InChI is InChI=1S/C25H30N4O3/c1-4-25(20-10-6-5-7-11-20)23(31)29(24(32)26-25)17-22(30)28-15-13-27(14-16-28)21-12-8-9-18(2)19(21)3/h5-12H,4,13-17H2,1-3H3,(H,26,32). The number of nitrogens with zero attached hydrogens (tertiary/aromatic N) is 3.